The molecule has 0 spiro atoms. The van der Waals surface area contributed by atoms with Gasteiger partial charge in [-0.05, 0) is 42.7 Å². The maximum absolute atomic E-state index is 12.7. The number of hydrogen-bond acceptors (Lipinski definition) is 7. The number of amides is 1. The minimum Gasteiger partial charge on any atom is -0.352 e. The van der Waals surface area contributed by atoms with Crippen LogP contribution in [-0.4, -0.2) is 71.3 Å². The predicted octanol–water partition coefficient (Wildman–Crippen LogP) is 0.456. The van der Waals surface area contributed by atoms with Crippen LogP contribution in [0.5, 0.6) is 0 Å². The van der Waals surface area contributed by atoms with E-state index in [1.165, 1.54) is 0 Å². The van der Waals surface area contributed by atoms with Gasteiger partial charge in [0, 0.05) is 32.2 Å². The molecule has 31 heavy (non-hydrogen) atoms. The molecule has 1 N–H and O–H groups in total. The molecule has 10 nitrogen and oxygen atoms in total. The lowest BCUT2D eigenvalue weighted by Gasteiger charge is -2.35. The van der Waals surface area contributed by atoms with E-state index in [-0.39, 0.29) is 23.3 Å². The van der Waals surface area contributed by atoms with Crippen LogP contribution in [0.4, 0.5) is 5.82 Å². The van der Waals surface area contributed by atoms with Crippen molar-refractivity contribution in [1.29, 1.82) is 0 Å². The van der Waals surface area contributed by atoms with Gasteiger partial charge in [0.05, 0.1) is 11.3 Å². The van der Waals surface area contributed by atoms with Crippen molar-refractivity contribution < 1.29 is 13.2 Å². The van der Waals surface area contributed by atoms with Crippen molar-refractivity contribution in [1.82, 2.24) is 29.4 Å². The van der Waals surface area contributed by atoms with E-state index in [9.17, 15) is 13.2 Å². The number of aromatic nitrogens is 4. The molecule has 1 aliphatic heterocycles. The van der Waals surface area contributed by atoms with Crippen LogP contribution in [-0.2, 0) is 21.2 Å². The summed E-state index contributed by atoms with van der Waals surface area (Å²) in [6, 6.07) is 10.4. The molecule has 162 valence electrons. The van der Waals surface area contributed by atoms with Crippen LogP contribution in [0.15, 0.2) is 47.6 Å². The van der Waals surface area contributed by atoms with Gasteiger partial charge in [0.1, 0.15) is 12.1 Å². The van der Waals surface area contributed by atoms with E-state index in [1.54, 1.807) is 35.1 Å². The quantitative estimate of drug-likeness (QED) is 0.591. The molecule has 2 fully saturated rings. The van der Waals surface area contributed by atoms with Crippen molar-refractivity contribution in [3.63, 3.8) is 0 Å². The third-order valence-corrected chi connectivity index (χ3v) is 7.13. The van der Waals surface area contributed by atoms with Crippen LogP contribution in [0.25, 0.3) is 5.65 Å². The second-order valence-electron chi connectivity index (χ2n) is 7.91. The van der Waals surface area contributed by atoms with Crippen LogP contribution in [0.3, 0.4) is 0 Å². The molecule has 1 aromatic carbocycles. The summed E-state index contributed by atoms with van der Waals surface area (Å²) < 4.78 is 28.8. The second kappa shape index (κ2) is 7.89. The Labute approximate surface area is 179 Å². The molecule has 3 heterocycles. The zero-order valence-electron chi connectivity index (χ0n) is 16.9. The standard InChI is InChI=1S/C20H23N7O3S/c28-20(13-15-1-5-17(6-2-15)31(29,30)24-16-3-4-16)26-11-9-25(10-12-26)19-8-7-18-22-21-14-27(18)23-19/h1-2,5-8,14,16,24H,3-4,9-13H2. The topological polar surface area (TPSA) is 113 Å². The van der Waals surface area contributed by atoms with Gasteiger partial charge in [-0.3, -0.25) is 4.79 Å². The fraction of sp³-hybridized carbons (Fsp3) is 0.400. The Morgan fingerprint density at radius 2 is 1.77 bits per heavy atom. The van der Waals surface area contributed by atoms with Gasteiger partial charge in [-0.1, -0.05) is 12.1 Å². The molecular formula is C20H23N7O3S. The summed E-state index contributed by atoms with van der Waals surface area (Å²) in [5.41, 5.74) is 1.50. The minimum absolute atomic E-state index is 0.0357. The summed E-state index contributed by atoms with van der Waals surface area (Å²) in [6.07, 6.45) is 3.60. The molecular weight excluding hydrogens is 418 g/mol. The van der Waals surface area contributed by atoms with Gasteiger partial charge in [-0.25, -0.2) is 13.1 Å². The molecule has 0 unspecified atom stereocenters. The number of rotatable bonds is 6. The number of fused-ring (bicyclic) bond motifs is 1. The van der Waals surface area contributed by atoms with Crippen LogP contribution in [0.2, 0.25) is 0 Å². The Hall–Kier alpha value is -3.05. The maximum Gasteiger partial charge on any atom is 0.240 e. The van der Waals surface area contributed by atoms with Gasteiger partial charge in [0.2, 0.25) is 15.9 Å². The molecule has 0 radical (unpaired) electrons. The summed E-state index contributed by atoms with van der Waals surface area (Å²) in [7, 11) is -3.47. The lowest BCUT2D eigenvalue weighted by atomic mass is 10.1. The molecule has 3 aromatic rings. The summed E-state index contributed by atoms with van der Waals surface area (Å²) in [5, 5.41) is 12.3. The van der Waals surface area contributed by atoms with Crippen molar-refractivity contribution in [2.75, 3.05) is 31.1 Å². The normalized spacial score (nSPS) is 17.3. The third-order valence-electron chi connectivity index (χ3n) is 5.59. The van der Waals surface area contributed by atoms with Crippen LogP contribution in [0, 0.1) is 0 Å². The number of sulfonamides is 1. The smallest absolute Gasteiger partial charge is 0.240 e. The zero-order valence-corrected chi connectivity index (χ0v) is 17.7. The Kier molecular flexibility index (Phi) is 5.06. The molecule has 1 saturated carbocycles. The molecule has 5 rings (SSSR count). The Bertz CT molecular complexity index is 1200. The second-order valence-corrected chi connectivity index (χ2v) is 9.62. The maximum atomic E-state index is 12.7. The summed E-state index contributed by atoms with van der Waals surface area (Å²) in [5.74, 6) is 0.865. The molecule has 1 amide bonds. The van der Waals surface area contributed by atoms with Crippen molar-refractivity contribution in [2.24, 2.45) is 0 Å². The lowest BCUT2D eigenvalue weighted by Crippen LogP contribution is -2.49. The molecule has 1 aliphatic carbocycles. The molecule has 0 atom stereocenters. The fourth-order valence-electron chi connectivity index (χ4n) is 3.63. The Balaban J connectivity index is 1.17. The van der Waals surface area contributed by atoms with Crippen molar-refractivity contribution >= 4 is 27.4 Å². The highest BCUT2D eigenvalue weighted by molar-refractivity contribution is 7.89. The highest BCUT2D eigenvalue weighted by Crippen LogP contribution is 2.22. The van der Waals surface area contributed by atoms with Crippen molar-refractivity contribution in [3.8, 4) is 0 Å². The van der Waals surface area contributed by atoms with Crippen molar-refractivity contribution in [3.05, 3.63) is 48.3 Å². The van der Waals surface area contributed by atoms with E-state index >= 15 is 0 Å². The first-order valence-corrected chi connectivity index (χ1v) is 11.8. The summed E-state index contributed by atoms with van der Waals surface area (Å²) >= 11 is 0. The average Bonchev–Trinajstić information content (AvgIpc) is 3.45. The van der Waals surface area contributed by atoms with Crippen LogP contribution < -0.4 is 9.62 Å². The number of hydrogen-bond donors (Lipinski definition) is 1. The van der Waals surface area contributed by atoms with Gasteiger partial charge in [-0.2, -0.15) is 4.52 Å². The van der Waals surface area contributed by atoms with E-state index in [0.29, 0.717) is 31.8 Å². The first kappa shape index (κ1) is 19.9. The monoisotopic (exact) mass is 441 g/mol. The highest BCUT2D eigenvalue weighted by atomic mass is 32.2. The van der Waals surface area contributed by atoms with E-state index in [1.807, 2.05) is 17.0 Å². The first-order chi connectivity index (χ1) is 15.0. The van der Waals surface area contributed by atoms with E-state index < -0.39 is 10.0 Å². The summed E-state index contributed by atoms with van der Waals surface area (Å²) in [6.45, 7) is 2.60. The number of carbonyl (C=O) groups excluding carboxylic acids is 1. The number of anilines is 1. The Morgan fingerprint density at radius 3 is 2.48 bits per heavy atom. The van der Waals surface area contributed by atoms with Gasteiger partial charge in [-0.15, -0.1) is 15.3 Å². The minimum atomic E-state index is -3.47. The van der Waals surface area contributed by atoms with Gasteiger partial charge in [0.25, 0.3) is 0 Å². The number of nitrogens with zero attached hydrogens (tertiary/aromatic N) is 6. The van der Waals surface area contributed by atoms with E-state index in [0.717, 1.165) is 24.2 Å². The van der Waals surface area contributed by atoms with Gasteiger partial charge < -0.3 is 9.80 Å². The molecule has 11 heteroatoms. The number of benzene rings is 1. The predicted molar refractivity (Wildman–Crippen MR) is 113 cm³/mol. The molecule has 2 aromatic heterocycles. The number of nitrogens with one attached hydrogen (secondary N) is 1. The Morgan fingerprint density at radius 1 is 1.03 bits per heavy atom. The molecule has 2 aliphatic rings. The van der Waals surface area contributed by atoms with Gasteiger partial charge in [0.15, 0.2) is 5.65 Å². The third kappa shape index (κ3) is 4.37. The van der Waals surface area contributed by atoms with Crippen LogP contribution in [0.1, 0.15) is 18.4 Å². The van der Waals surface area contributed by atoms with Gasteiger partial charge >= 0.3 is 0 Å². The lowest BCUT2D eigenvalue weighted by molar-refractivity contribution is -0.130. The molecule has 0 bridgehead atoms. The highest BCUT2D eigenvalue weighted by Gasteiger charge is 2.28. The summed E-state index contributed by atoms with van der Waals surface area (Å²) in [4.78, 5) is 16.9. The van der Waals surface area contributed by atoms with E-state index in [4.69, 9.17) is 0 Å². The van der Waals surface area contributed by atoms with Crippen LogP contribution >= 0.6 is 0 Å². The SMILES string of the molecule is O=C(Cc1ccc(S(=O)(=O)NC2CC2)cc1)N1CCN(c2ccc3nncn3n2)CC1. The van der Waals surface area contributed by atoms with E-state index in [2.05, 4.69) is 24.9 Å². The first-order valence-electron chi connectivity index (χ1n) is 10.3. The largest absolute Gasteiger partial charge is 0.352 e. The van der Waals surface area contributed by atoms with Crippen molar-refractivity contribution in [2.45, 2.75) is 30.2 Å². The molecule has 1 saturated heterocycles. The average molecular weight is 442 g/mol. The number of piperazine rings is 1. The fourth-order valence-corrected chi connectivity index (χ4v) is 4.94. The zero-order chi connectivity index (χ0) is 21.4. The number of carbonyl (C=O) groups is 1.